The molecule has 146 valence electrons. The Morgan fingerprint density at radius 1 is 1.43 bits per heavy atom. The van der Waals surface area contributed by atoms with Gasteiger partial charge in [-0.2, -0.15) is 0 Å². The first-order chi connectivity index (χ1) is 13.3. The van der Waals surface area contributed by atoms with Gasteiger partial charge in [-0.3, -0.25) is 4.79 Å². The third-order valence-electron chi connectivity index (χ3n) is 4.85. The minimum Gasteiger partial charge on any atom is -0.477 e. The molecule has 2 aliphatic heterocycles. The molecule has 0 fully saturated rings. The van der Waals surface area contributed by atoms with E-state index in [9.17, 15) is 9.59 Å². The Morgan fingerprint density at radius 2 is 2.21 bits per heavy atom. The summed E-state index contributed by atoms with van der Waals surface area (Å²) in [7, 11) is 0. The van der Waals surface area contributed by atoms with Crippen molar-refractivity contribution in [2.24, 2.45) is 11.7 Å². The minimum absolute atomic E-state index is 0.369. The summed E-state index contributed by atoms with van der Waals surface area (Å²) in [6, 6.07) is 2.50. The van der Waals surface area contributed by atoms with Gasteiger partial charge in [-0.1, -0.05) is 25.6 Å². The molecule has 9 heteroatoms. The molecule has 4 N–H and O–H groups in total. The van der Waals surface area contributed by atoms with E-state index < -0.39 is 16.7 Å². The number of aromatic nitrogens is 2. The van der Waals surface area contributed by atoms with E-state index in [4.69, 9.17) is 10.5 Å². The molecule has 4 heterocycles. The first-order valence-electron chi connectivity index (χ1n) is 8.98. The maximum absolute atomic E-state index is 12.8. The second kappa shape index (κ2) is 6.66. The van der Waals surface area contributed by atoms with Crippen molar-refractivity contribution in [2.45, 2.75) is 36.6 Å². The summed E-state index contributed by atoms with van der Waals surface area (Å²) in [5.41, 5.74) is 8.77. The molecule has 8 nitrogen and oxygen atoms in total. The molecular formula is C19H21N5O3S. The topological polar surface area (TPSA) is 119 Å². The fraction of sp³-hybridized carbons (Fsp3) is 0.368. The molecule has 0 saturated carbocycles. The van der Waals surface area contributed by atoms with Crippen molar-refractivity contribution < 1.29 is 14.3 Å². The highest BCUT2D eigenvalue weighted by molar-refractivity contribution is 8.01. The first kappa shape index (κ1) is 18.5. The summed E-state index contributed by atoms with van der Waals surface area (Å²) in [5.74, 6) is 0.297. The van der Waals surface area contributed by atoms with E-state index in [1.54, 1.807) is 24.5 Å². The monoisotopic (exact) mass is 399 g/mol. The van der Waals surface area contributed by atoms with Crippen LogP contribution in [0.25, 0.3) is 0 Å². The fourth-order valence-electron chi connectivity index (χ4n) is 3.59. The predicted molar refractivity (Wildman–Crippen MR) is 105 cm³/mol. The molecule has 4 rings (SSSR count). The van der Waals surface area contributed by atoms with Gasteiger partial charge in [0.1, 0.15) is 5.03 Å². The summed E-state index contributed by atoms with van der Waals surface area (Å²) in [5, 5.41) is 6.28. The molecule has 2 aromatic rings. The maximum Gasteiger partial charge on any atom is 0.319 e. The number of rotatable bonds is 5. The molecule has 2 unspecified atom stereocenters. The highest BCUT2D eigenvalue weighted by atomic mass is 32.2. The number of nitrogens with zero attached hydrogens (tertiary/aromatic N) is 2. The number of hydrogen-bond acceptors (Lipinski definition) is 6. The molecule has 28 heavy (non-hydrogen) atoms. The zero-order valence-electron chi connectivity index (χ0n) is 15.8. The zero-order chi connectivity index (χ0) is 20.1. The van der Waals surface area contributed by atoms with Crippen LogP contribution in [0, 0.1) is 12.8 Å². The number of hydrogen-bond donors (Lipinski definition) is 3. The van der Waals surface area contributed by atoms with Crippen molar-refractivity contribution in [1.82, 2.24) is 15.3 Å². The van der Waals surface area contributed by atoms with Crippen LogP contribution in [0.3, 0.4) is 0 Å². The molecule has 0 bridgehead atoms. The van der Waals surface area contributed by atoms with E-state index in [0.717, 1.165) is 11.1 Å². The third kappa shape index (κ3) is 2.77. The molecule has 0 saturated heterocycles. The van der Waals surface area contributed by atoms with Crippen molar-refractivity contribution in [1.29, 1.82) is 0 Å². The van der Waals surface area contributed by atoms with Crippen molar-refractivity contribution in [3.05, 3.63) is 41.2 Å². The van der Waals surface area contributed by atoms with Crippen molar-refractivity contribution >= 4 is 29.4 Å². The fourth-order valence-corrected chi connectivity index (χ4v) is 5.06. The number of anilines is 1. The number of primary amides is 1. The number of carbonyl (C=O) groups excluding carboxylic acids is 2. The number of amides is 3. The lowest BCUT2D eigenvalue weighted by atomic mass is 9.84. The predicted octanol–water partition coefficient (Wildman–Crippen LogP) is 2.48. The Morgan fingerprint density at radius 3 is 2.89 bits per heavy atom. The molecule has 0 aromatic carbocycles. The van der Waals surface area contributed by atoms with Crippen LogP contribution in [-0.4, -0.2) is 28.5 Å². The van der Waals surface area contributed by atoms with Gasteiger partial charge < -0.3 is 21.1 Å². The number of ether oxygens (including phenoxy) is 1. The molecular weight excluding hydrogens is 378 g/mol. The Labute approximate surface area is 166 Å². The molecule has 0 spiro atoms. The summed E-state index contributed by atoms with van der Waals surface area (Å²) in [6.45, 7) is 6.54. The highest BCUT2D eigenvalue weighted by Crippen LogP contribution is 2.60. The van der Waals surface area contributed by atoms with Crippen LogP contribution in [0.1, 0.15) is 36.6 Å². The lowest BCUT2D eigenvalue weighted by Crippen LogP contribution is -2.51. The Kier molecular flexibility index (Phi) is 4.41. The average molecular weight is 399 g/mol. The molecule has 0 radical (unpaired) electrons. The van der Waals surface area contributed by atoms with Gasteiger partial charge in [-0.25, -0.2) is 14.8 Å². The van der Waals surface area contributed by atoms with E-state index in [1.165, 1.54) is 11.8 Å². The first-order valence-corrected chi connectivity index (χ1v) is 9.80. The van der Waals surface area contributed by atoms with Crippen LogP contribution < -0.4 is 21.1 Å². The van der Waals surface area contributed by atoms with Crippen LogP contribution in [0.2, 0.25) is 0 Å². The standard InChI is InChI=1S/C19H21N5O3S/c1-9(2)8-27-13-6-10(3)11(7-22-13)19(17(20)25)15-14-12(23-18(26)24-15)4-5-21-16(14)28-19/h4-7,9,15H,8H2,1-3H3,(H2,20,25)(H2,23,24,26). The van der Waals surface area contributed by atoms with Gasteiger partial charge in [0.15, 0.2) is 4.75 Å². The van der Waals surface area contributed by atoms with E-state index in [0.29, 0.717) is 34.7 Å². The zero-order valence-corrected chi connectivity index (χ0v) is 16.6. The minimum atomic E-state index is -1.24. The van der Waals surface area contributed by atoms with Crippen LogP contribution in [0.4, 0.5) is 10.5 Å². The van der Waals surface area contributed by atoms with Crippen LogP contribution in [-0.2, 0) is 9.54 Å². The van der Waals surface area contributed by atoms with Gasteiger partial charge in [-0.05, 0) is 24.5 Å². The number of nitrogens with two attached hydrogens (primary N) is 1. The highest BCUT2D eigenvalue weighted by Gasteiger charge is 2.57. The maximum atomic E-state index is 12.8. The summed E-state index contributed by atoms with van der Waals surface area (Å²) in [4.78, 5) is 33.8. The molecule has 2 aromatic heterocycles. The van der Waals surface area contributed by atoms with Gasteiger partial charge >= 0.3 is 6.03 Å². The van der Waals surface area contributed by atoms with E-state index >= 15 is 0 Å². The Hall–Kier alpha value is -2.81. The molecule has 0 aliphatic carbocycles. The van der Waals surface area contributed by atoms with Gasteiger partial charge in [0.2, 0.25) is 11.8 Å². The van der Waals surface area contributed by atoms with Gasteiger partial charge in [0, 0.05) is 29.6 Å². The lowest BCUT2D eigenvalue weighted by molar-refractivity contribution is -0.121. The largest absolute Gasteiger partial charge is 0.477 e. The van der Waals surface area contributed by atoms with Gasteiger partial charge in [-0.15, -0.1) is 0 Å². The Balaban J connectivity index is 1.81. The number of nitrogens with one attached hydrogen (secondary N) is 2. The second-order valence-electron chi connectivity index (χ2n) is 7.35. The summed E-state index contributed by atoms with van der Waals surface area (Å²) >= 11 is 1.25. The van der Waals surface area contributed by atoms with Gasteiger partial charge in [0.25, 0.3) is 0 Å². The van der Waals surface area contributed by atoms with E-state index in [2.05, 4.69) is 34.4 Å². The number of carbonyl (C=O) groups is 2. The molecule has 3 amide bonds. The van der Waals surface area contributed by atoms with E-state index in [1.807, 2.05) is 6.92 Å². The van der Waals surface area contributed by atoms with Crippen LogP contribution in [0.5, 0.6) is 5.88 Å². The molecule has 2 aliphatic rings. The smallest absolute Gasteiger partial charge is 0.319 e. The quantitative estimate of drug-likeness (QED) is 0.711. The van der Waals surface area contributed by atoms with Gasteiger partial charge in [0.05, 0.1) is 18.3 Å². The third-order valence-corrected chi connectivity index (χ3v) is 6.34. The van der Waals surface area contributed by atoms with Crippen LogP contribution in [0.15, 0.2) is 29.6 Å². The van der Waals surface area contributed by atoms with Crippen LogP contribution >= 0.6 is 11.8 Å². The summed E-state index contributed by atoms with van der Waals surface area (Å²) < 4.78 is 4.46. The van der Waals surface area contributed by atoms with Crippen molar-refractivity contribution in [3.8, 4) is 5.88 Å². The SMILES string of the molecule is Cc1cc(OCC(C)C)ncc1C1(C(N)=O)Sc2nccc3c2C1NC(=O)N3. The summed E-state index contributed by atoms with van der Waals surface area (Å²) in [6.07, 6.45) is 3.22. The van der Waals surface area contributed by atoms with Crippen molar-refractivity contribution in [2.75, 3.05) is 11.9 Å². The Bertz CT molecular complexity index is 980. The lowest BCUT2D eigenvalue weighted by Gasteiger charge is -2.35. The number of thioether (sulfide) groups is 1. The number of urea groups is 1. The van der Waals surface area contributed by atoms with E-state index in [-0.39, 0.29) is 6.03 Å². The normalized spacial score (nSPS) is 22.4. The van der Waals surface area contributed by atoms with Crippen molar-refractivity contribution in [3.63, 3.8) is 0 Å². The average Bonchev–Trinajstić information content (AvgIpc) is 2.96. The number of aryl methyl sites for hydroxylation is 1. The number of pyridine rings is 2. The second-order valence-corrected chi connectivity index (χ2v) is 8.59. The molecule has 2 atom stereocenters.